The van der Waals surface area contributed by atoms with Crippen molar-refractivity contribution in [3.8, 4) is 5.75 Å². The lowest BCUT2D eigenvalue weighted by Crippen LogP contribution is -2.05. The first kappa shape index (κ1) is 19.9. The molecule has 0 saturated heterocycles. The lowest BCUT2D eigenvalue weighted by atomic mass is 10.3. The van der Waals surface area contributed by atoms with Gasteiger partial charge in [0.1, 0.15) is 5.75 Å². The van der Waals surface area contributed by atoms with E-state index in [1.165, 1.54) is 28.0 Å². The highest BCUT2D eigenvalue weighted by Gasteiger charge is 2.27. The first-order valence-corrected chi connectivity index (χ1v) is 12.2. The molecular weight excluding hydrogens is 502 g/mol. The lowest BCUT2D eigenvalue weighted by Gasteiger charge is -2.11. The molecule has 2 aromatic carbocycles. The molecule has 0 unspecified atom stereocenters. The number of para-hydroxylation sites is 2. The molecule has 0 fully saturated rings. The first-order valence-electron chi connectivity index (χ1n) is 9.02. The molecule has 0 saturated carbocycles. The van der Waals surface area contributed by atoms with E-state index in [-0.39, 0.29) is 15.6 Å². The van der Waals surface area contributed by atoms with Crippen LogP contribution in [0.4, 0.5) is 11.5 Å². The Balaban J connectivity index is 1.71. The van der Waals surface area contributed by atoms with Gasteiger partial charge in [-0.3, -0.25) is 0 Å². The van der Waals surface area contributed by atoms with E-state index in [2.05, 4.69) is 36.5 Å². The van der Waals surface area contributed by atoms with Gasteiger partial charge in [0.05, 0.1) is 27.9 Å². The molecule has 0 aliphatic rings. The number of nitrogens with one attached hydrogen (secondary N) is 1. The average Bonchev–Trinajstić information content (AvgIpc) is 3.42. The van der Waals surface area contributed by atoms with Crippen LogP contribution >= 0.6 is 27.3 Å². The number of nitrogens with zero attached hydrogens (tertiary/aromatic N) is 4. The van der Waals surface area contributed by atoms with Crippen LogP contribution in [-0.4, -0.2) is 35.3 Å². The molecule has 0 bridgehead atoms. The normalized spacial score (nSPS) is 11.8. The van der Waals surface area contributed by atoms with Crippen LogP contribution < -0.4 is 10.1 Å². The van der Waals surface area contributed by atoms with E-state index >= 15 is 0 Å². The number of rotatable bonds is 5. The molecule has 8 nitrogen and oxygen atoms in total. The van der Waals surface area contributed by atoms with E-state index in [9.17, 15) is 8.42 Å². The Morgan fingerprint density at radius 3 is 2.65 bits per heavy atom. The predicted octanol–water partition coefficient (Wildman–Crippen LogP) is 4.69. The number of benzene rings is 2. The SMILES string of the molecule is COc1ccccc1Nc1nc2c(S(=O)(=O)c3ccc(Br)cc3)nnn2c2ccsc12. The van der Waals surface area contributed by atoms with E-state index < -0.39 is 9.84 Å². The predicted molar refractivity (Wildman–Crippen MR) is 122 cm³/mol. The first-order chi connectivity index (χ1) is 15.0. The van der Waals surface area contributed by atoms with E-state index in [0.29, 0.717) is 22.8 Å². The van der Waals surface area contributed by atoms with Crippen molar-refractivity contribution in [2.45, 2.75) is 9.92 Å². The Bertz CT molecular complexity index is 1530. The number of ether oxygens (including phenoxy) is 1. The molecule has 3 aromatic heterocycles. The molecule has 0 atom stereocenters. The highest BCUT2D eigenvalue weighted by Crippen LogP contribution is 2.34. The zero-order valence-corrected chi connectivity index (χ0v) is 19.2. The van der Waals surface area contributed by atoms with Crippen LogP contribution in [0.3, 0.4) is 0 Å². The Kier molecular flexibility index (Phi) is 4.88. The second-order valence-electron chi connectivity index (χ2n) is 6.51. The second kappa shape index (κ2) is 7.59. The van der Waals surface area contributed by atoms with Gasteiger partial charge in [0, 0.05) is 4.47 Å². The maximum Gasteiger partial charge on any atom is 0.229 e. The third kappa shape index (κ3) is 3.34. The summed E-state index contributed by atoms with van der Waals surface area (Å²) < 4.78 is 35.0. The van der Waals surface area contributed by atoms with Gasteiger partial charge in [0.25, 0.3) is 0 Å². The van der Waals surface area contributed by atoms with E-state index in [0.717, 1.165) is 9.17 Å². The summed E-state index contributed by atoms with van der Waals surface area (Å²) in [5.41, 5.74) is 1.56. The summed E-state index contributed by atoms with van der Waals surface area (Å²) in [7, 11) is -2.34. The zero-order valence-electron chi connectivity index (χ0n) is 16.0. The summed E-state index contributed by atoms with van der Waals surface area (Å²) in [6, 6.07) is 15.6. The minimum atomic E-state index is -3.92. The third-order valence-corrected chi connectivity index (χ3v) is 7.77. The van der Waals surface area contributed by atoms with E-state index in [4.69, 9.17) is 4.74 Å². The Labute approximate surface area is 189 Å². The number of anilines is 2. The van der Waals surface area contributed by atoms with Crippen LogP contribution in [0.25, 0.3) is 15.9 Å². The molecule has 0 amide bonds. The van der Waals surface area contributed by atoms with E-state index in [1.807, 2.05) is 35.7 Å². The van der Waals surface area contributed by atoms with Gasteiger partial charge in [-0.25, -0.2) is 13.4 Å². The fourth-order valence-electron chi connectivity index (χ4n) is 3.18. The molecule has 0 spiro atoms. The van der Waals surface area contributed by atoms with Crippen molar-refractivity contribution >= 4 is 64.5 Å². The minimum Gasteiger partial charge on any atom is -0.495 e. The summed E-state index contributed by atoms with van der Waals surface area (Å²) >= 11 is 4.79. The number of methoxy groups -OCH3 is 1. The summed E-state index contributed by atoms with van der Waals surface area (Å²) in [4.78, 5) is 4.72. The largest absolute Gasteiger partial charge is 0.495 e. The molecule has 0 aliphatic heterocycles. The molecule has 5 aromatic rings. The maximum atomic E-state index is 13.3. The molecule has 31 heavy (non-hydrogen) atoms. The van der Waals surface area contributed by atoms with Crippen molar-refractivity contribution in [3.05, 3.63) is 64.5 Å². The molecule has 0 radical (unpaired) electrons. The summed E-state index contributed by atoms with van der Waals surface area (Å²) in [6.07, 6.45) is 0. The number of hydrogen-bond acceptors (Lipinski definition) is 8. The molecule has 156 valence electrons. The van der Waals surface area contributed by atoms with Crippen LogP contribution in [0, 0.1) is 0 Å². The van der Waals surface area contributed by atoms with Gasteiger partial charge in [0.2, 0.25) is 14.9 Å². The number of sulfone groups is 1. The van der Waals surface area contributed by atoms with Crippen LogP contribution in [-0.2, 0) is 9.84 Å². The van der Waals surface area contributed by atoms with Gasteiger partial charge in [-0.05, 0) is 47.8 Å². The van der Waals surface area contributed by atoms with Gasteiger partial charge < -0.3 is 10.1 Å². The van der Waals surface area contributed by atoms with Crippen molar-refractivity contribution in [2.75, 3.05) is 12.4 Å². The molecule has 3 heterocycles. The Hall–Kier alpha value is -3.02. The maximum absolute atomic E-state index is 13.3. The van der Waals surface area contributed by atoms with Gasteiger partial charge in [-0.1, -0.05) is 33.3 Å². The van der Waals surface area contributed by atoms with Crippen molar-refractivity contribution in [3.63, 3.8) is 0 Å². The minimum absolute atomic E-state index is 0.115. The number of thiophene rings is 1. The summed E-state index contributed by atoms with van der Waals surface area (Å²) in [6.45, 7) is 0. The van der Waals surface area contributed by atoms with Crippen LogP contribution in [0.1, 0.15) is 0 Å². The number of halogens is 1. The molecule has 1 N–H and O–H groups in total. The van der Waals surface area contributed by atoms with Gasteiger partial charge >= 0.3 is 0 Å². The van der Waals surface area contributed by atoms with Crippen LogP contribution in [0.2, 0.25) is 0 Å². The van der Waals surface area contributed by atoms with Gasteiger partial charge in [-0.2, -0.15) is 4.52 Å². The average molecular weight is 516 g/mol. The van der Waals surface area contributed by atoms with E-state index in [1.54, 1.807) is 19.2 Å². The third-order valence-electron chi connectivity index (χ3n) is 4.66. The van der Waals surface area contributed by atoms with Crippen molar-refractivity contribution in [2.24, 2.45) is 0 Å². The quantitative estimate of drug-likeness (QED) is 0.362. The van der Waals surface area contributed by atoms with Gasteiger partial charge in [-0.15, -0.1) is 16.4 Å². The highest BCUT2D eigenvalue weighted by molar-refractivity contribution is 9.10. The fraction of sp³-hybridized carbons (Fsp3) is 0.0500. The van der Waals surface area contributed by atoms with Crippen molar-refractivity contribution in [1.29, 1.82) is 0 Å². The Morgan fingerprint density at radius 1 is 1.10 bits per heavy atom. The monoisotopic (exact) mass is 515 g/mol. The van der Waals surface area contributed by atoms with Crippen LogP contribution in [0.15, 0.2) is 74.4 Å². The molecule has 11 heteroatoms. The van der Waals surface area contributed by atoms with Gasteiger partial charge in [0.15, 0.2) is 11.5 Å². The molecular formula is C20H14BrN5O3S2. The lowest BCUT2D eigenvalue weighted by molar-refractivity contribution is 0.417. The second-order valence-corrected chi connectivity index (χ2v) is 10.2. The molecule has 0 aliphatic carbocycles. The number of hydrogen-bond donors (Lipinski definition) is 1. The Morgan fingerprint density at radius 2 is 1.87 bits per heavy atom. The zero-order chi connectivity index (χ0) is 21.6. The topological polar surface area (TPSA) is 98.5 Å². The van der Waals surface area contributed by atoms with Crippen molar-refractivity contribution < 1.29 is 13.2 Å². The number of fused-ring (bicyclic) bond motifs is 3. The smallest absolute Gasteiger partial charge is 0.229 e. The van der Waals surface area contributed by atoms with Crippen LogP contribution in [0.5, 0.6) is 5.75 Å². The summed E-state index contributed by atoms with van der Waals surface area (Å²) in [5.74, 6) is 1.14. The van der Waals surface area contributed by atoms with Crippen molar-refractivity contribution in [1.82, 2.24) is 19.8 Å². The standard InChI is InChI=1S/C20H14BrN5O3S2/c1-29-16-5-3-2-4-14(16)22-18-17-15(10-11-30-17)26-19(23-18)20(24-25-26)31(27,28)13-8-6-12(21)7-9-13/h2-11H,1H3,(H,22,23). The fourth-order valence-corrected chi connectivity index (χ4v) is 5.50. The highest BCUT2D eigenvalue weighted by atomic mass is 79.9. The summed E-state index contributed by atoms with van der Waals surface area (Å²) in [5, 5.41) is 13.0. The number of aromatic nitrogens is 4. The molecule has 5 rings (SSSR count).